The molecule has 0 bridgehead atoms. The maximum atomic E-state index is 9.49. The number of rotatable bonds is 1. The third-order valence-electron chi connectivity index (χ3n) is 2.77. The van der Waals surface area contributed by atoms with E-state index >= 15 is 0 Å². The van der Waals surface area contributed by atoms with Gasteiger partial charge in [0, 0.05) is 5.41 Å². The third-order valence-corrected chi connectivity index (χ3v) is 2.77. The van der Waals surface area contributed by atoms with Crippen LogP contribution in [0.15, 0.2) is 0 Å². The minimum absolute atomic E-state index is 0.0266. The summed E-state index contributed by atoms with van der Waals surface area (Å²) >= 11 is 0. The van der Waals surface area contributed by atoms with Crippen molar-refractivity contribution in [3.05, 3.63) is 0 Å². The minimum atomic E-state index is -0.664. The van der Waals surface area contributed by atoms with Crippen molar-refractivity contribution < 1.29 is 5.11 Å². The number of aliphatic hydroxyl groups excluding tert-OH is 1. The van der Waals surface area contributed by atoms with E-state index in [2.05, 4.69) is 26.7 Å². The molecule has 0 aliphatic rings. The Bertz CT molecular complexity index is 166. The second kappa shape index (κ2) is 2.87. The molecule has 0 radical (unpaired) electrons. The fraction of sp³-hybridized carbons (Fsp3) is 0.800. The molecule has 0 aromatic carbocycles. The van der Waals surface area contributed by atoms with Crippen LogP contribution in [0.3, 0.4) is 0 Å². The average molecular weight is 154 g/mol. The van der Waals surface area contributed by atoms with Gasteiger partial charge in [0.05, 0.1) is 0 Å². The molecule has 1 unspecified atom stereocenters. The monoisotopic (exact) mass is 154 g/mol. The Hall–Kier alpha value is -0.480. The molecule has 1 nitrogen and oxygen atoms in total. The lowest BCUT2D eigenvalue weighted by Gasteiger charge is -2.40. The van der Waals surface area contributed by atoms with Crippen LogP contribution in [0.25, 0.3) is 0 Å². The molecule has 0 aromatic rings. The molecule has 0 saturated heterocycles. The van der Waals surface area contributed by atoms with Crippen molar-refractivity contribution in [2.45, 2.75) is 40.7 Å². The normalized spacial score (nSPS) is 15.7. The van der Waals surface area contributed by atoms with Crippen molar-refractivity contribution in [2.24, 2.45) is 10.8 Å². The molecule has 64 valence electrons. The van der Waals surface area contributed by atoms with Crippen LogP contribution in [0, 0.1) is 23.2 Å². The molecule has 1 N–H and O–H groups in total. The summed E-state index contributed by atoms with van der Waals surface area (Å²) in [5, 5.41) is 9.49. The highest BCUT2D eigenvalue weighted by Gasteiger charge is 2.38. The molecule has 0 heterocycles. The summed E-state index contributed by atoms with van der Waals surface area (Å²) in [6.45, 7) is 10.2. The van der Waals surface area contributed by atoms with Crippen LogP contribution in [0.1, 0.15) is 34.6 Å². The molecule has 0 aliphatic heterocycles. The van der Waals surface area contributed by atoms with Gasteiger partial charge < -0.3 is 5.11 Å². The average Bonchev–Trinajstić information content (AvgIpc) is 1.83. The fourth-order valence-electron chi connectivity index (χ4n) is 0.618. The van der Waals surface area contributed by atoms with E-state index in [1.165, 1.54) is 0 Å². The molecule has 1 heteroatoms. The van der Waals surface area contributed by atoms with Gasteiger partial charge in [0.2, 0.25) is 0 Å². The molecule has 0 rings (SSSR count). The summed E-state index contributed by atoms with van der Waals surface area (Å²) in [5.41, 5.74) is -0.208. The van der Waals surface area contributed by atoms with Gasteiger partial charge in [0.1, 0.15) is 6.10 Å². The van der Waals surface area contributed by atoms with Crippen LogP contribution in [0.5, 0.6) is 0 Å². The molecule has 0 fully saturated rings. The van der Waals surface area contributed by atoms with Gasteiger partial charge in [0.25, 0.3) is 0 Å². The predicted molar refractivity (Wildman–Crippen MR) is 48.1 cm³/mol. The van der Waals surface area contributed by atoms with Crippen LogP contribution in [-0.2, 0) is 0 Å². The second-order valence-corrected chi connectivity index (χ2v) is 4.54. The zero-order valence-corrected chi connectivity index (χ0v) is 8.10. The Morgan fingerprint density at radius 1 is 1.18 bits per heavy atom. The SMILES string of the molecule is C#CC(O)C(C)(C)C(C)(C)C. The third kappa shape index (κ3) is 1.97. The lowest BCUT2D eigenvalue weighted by molar-refractivity contribution is 0.00795. The van der Waals surface area contributed by atoms with Gasteiger partial charge in [-0.3, -0.25) is 0 Å². The molecule has 0 aliphatic carbocycles. The summed E-state index contributed by atoms with van der Waals surface area (Å²) in [4.78, 5) is 0. The molecule has 0 saturated carbocycles. The van der Waals surface area contributed by atoms with Gasteiger partial charge in [-0.25, -0.2) is 0 Å². The molecule has 0 aromatic heterocycles. The number of hydrogen-bond donors (Lipinski definition) is 1. The van der Waals surface area contributed by atoms with Crippen molar-refractivity contribution in [3.8, 4) is 12.3 Å². The zero-order chi connectivity index (χ0) is 9.28. The molecular weight excluding hydrogens is 136 g/mol. The van der Waals surface area contributed by atoms with E-state index in [1.54, 1.807) is 0 Å². The Morgan fingerprint density at radius 2 is 1.55 bits per heavy atom. The van der Waals surface area contributed by atoms with Gasteiger partial charge in [-0.05, 0) is 5.41 Å². The maximum Gasteiger partial charge on any atom is 0.120 e. The van der Waals surface area contributed by atoms with Gasteiger partial charge in [-0.2, -0.15) is 0 Å². The van der Waals surface area contributed by atoms with Gasteiger partial charge in [-0.15, -0.1) is 6.42 Å². The van der Waals surface area contributed by atoms with Crippen molar-refractivity contribution in [1.29, 1.82) is 0 Å². The van der Waals surface area contributed by atoms with Crippen molar-refractivity contribution >= 4 is 0 Å². The number of terminal acetylenes is 1. The van der Waals surface area contributed by atoms with Crippen LogP contribution in [-0.4, -0.2) is 11.2 Å². The van der Waals surface area contributed by atoms with Crippen molar-refractivity contribution in [1.82, 2.24) is 0 Å². The first-order chi connectivity index (χ1) is 4.73. The standard InChI is InChI=1S/C10H18O/c1-7-8(11)10(5,6)9(2,3)4/h1,8,11H,2-6H3. The summed E-state index contributed by atoms with van der Waals surface area (Å²) in [6, 6.07) is 0. The summed E-state index contributed by atoms with van der Waals surface area (Å²) in [7, 11) is 0. The van der Waals surface area contributed by atoms with Crippen LogP contribution in [0.2, 0.25) is 0 Å². The molecule has 11 heavy (non-hydrogen) atoms. The Kier molecular flexibility index (Phi) is 2.74. The van der Waals surface area contributed by atoms with Crippen LogP contribution < -0.4 is 0 Å². The Morgan fingerprint density at radius 3 is 1.64 bits per heavy atom. The highest BCUT2D eigenvalue weighted by Crippen LogP contribution is 2.40. The second-order valence-electron chi connectivity index (χ2n) is 4.54. The first kappa shape index (κ1) is 10.5. The van der Waals surface area contributed by atoms with E-state index in [0.29, 0.717) is 0 Å². The van der Waals surface area contributed by atoms with Crippen molar-refractivity contribution in [2.75, 3.05) is 0 Å². The molecular formula is C10H18O. The molecule has 0 amide bonds. The van der Waals surface area contributed by atoms with Crippen molar-refractivity contribution in [3.63, 3.8) is 0 Å². The molecule has 0 spiro atoms. The topological polar surface area (TPSA) is 20.2 Å². The van der Waals surface area contributed by atoms with Gasteiger partial charge in [-0.1, -0.05) is 40.5 Å². The number of aliphatic hydroxyl groups is 1. The highest BCUT2D eigenvalue weighted by molar-refractivity contribution is 5.04. The lowest BCUT2D eigenvalue weighted by atomic mass is 9.66. The van der Waals surface area contributed by atoms with E-state index in [1.807, 2.05) is 13.8 Å². The summed E-state index contributed by atoms with van der Waals surface area (Å²) in [5.74, 6) is 2.37. The summed E-state index contributed by atoms with van der Waals surface area (Å²) < 4.78 is 0. The van der Waals surface area contributed by atoms with E-state index in [4.69, 9.17) is 6.42 Å². The predicted octanol–water partition coefficient (Wildman–Crippen LogP) is 2.05. The number of hydrogen-bond acceptors (Lipinski definition) is 1. The zero-order valence-electron chi connectivity index (χ0n) is 8.10. The largest absolute Gasteiger partial charge is 0.380 e. The van der Waals surface area contributed by atoms with Crippen LogP contribution >= 0.6 is 0 Å². The first-order valence-corrected chi connectivity index (χ1v) is 3.87. The van der Waals surface area contributed by atoms with Crippen LogP contribution in [0.4, 0.5) is 0 Å². The molecule has 1 atom stereocenters. The first-order valence-electron chi connectivity index (χ1n) is 3.87. The van der Waals surface area contributed by atoms with E-state index in [-0.39, 0.29) is 10.8 Å². The Balaban J connectivity index is 4.62. The van der Waals surface area contributed by atoms with Gasteiger partial charge >= 0.3 is 0 Å². The quantitative estimate of drug-likeness (QED) is 0.573. The fourth-order valence-corrected chi connectivity index (χ4v) is 0.618. The highest BCUT2D eigenvalue weighted by atomic mass is 16.3. The van der Waals surface area contributed by atoms with E-state index in [9.17, 15) is 5.11 Å². The van der Waals surface area contributed by atoms with Gasteiger partial charge in [0.15, 0.2) is 0 Å². The smallest absolute Gasteiger partial charge is 0.120 e. The minimum Gasteiger partial charge on any atom is -0.380 e. The van der Waals surface area contributed by atoms with E-state index < -0.39 is 6.10 Å². The van der Waals surface area contributed by atoms with E-state index in [0.717, 1.165) is 0 Å². The maximum absolute atomic E-state index is 9.49. The summed E-state index contributed by atoms with van der Waals surface area (Å²) in [6.07, 6.45) is 4.49. The Labute approximate surface area is 69.8 Å². The lowest BCUT2D eigenvalue weighted by Crippen LogP contribution is -2.39.